The first-order valence-electron chi connectivity index (χ1n) is 8.78. The van der Waals surface area contributed by atoms with Gasteiger partial charge in [0, 0.05) is 0 Å². The summed E-state index contributed by atoms with van der Waals surface area (Å²) < 4.78 is 74.1. The molecule has 1 aliphatic carbocycles. The van der Waals surface area contributed by atoms with Crippen LogP contribution in [0.25, 0.3) is 0 Å². The number of halogens is 5. The van der Waals surface area contributed by atoms with Crippen LogP contribution in [0.15, 0.2) is 36.4 Å². The molecule has 0 spiro atoms. The molecule has 1 atom stereocenters. The summed E-state index contributed by atoms with van der Waals surface area (Å²) in [5, 5.41) is 8.98. The number of fused-ring (bicyclic) bond motifs is 1. The molecule has 2 aromatic rings. The van der Waals surface area contributed by atoms with Crippen molar-refractivity contribution in [3.63, 3.8) is 0 Å². The zero-order chi connectivity index (χ0) is 21.2. The molecule has 0 saturated carbocycles. The van der Waals surface area contributed by atoms with E-state index in [-0.39, 0.29) is 18.1 Å². The van der Waals surface area contributed by atoms with Crippen LogP contribution in [0.5, 0.6) is 17.2 Å². The molecule has 0 saturated heterocycles. The Morgan fingerprint density at radius 3 is 2.55 bits per heavy atom. The van der Waals surface area contributed by atoms with Gasteiger partial charge in [-0.2, -0.15) is 13.2 Å². The average molecular weight is 416 g/mol. The van der Waals surface area contributed by atoms with Crippen LogP contribution in [-0.4, -0.2) is 24.1 Å². The van der Waals surface area contributed by atoms with Crippen molar-refractivity contribution in [2.75, 3.05) is 6.61 Å². The third-order valence-electron chi connectivity index (χ3n) is 4.60. The second kappa shape index (κ2) is 8.26. The Bertz CT molecular complexity index is 895. The first kappa shape index (κ1) is 20.9. The molecule has 1 aliphatic rings. The van der Waals surface area contributed by atoms with Gasteiger partial charge in [0.1, 0.15) is 12.4 Å². The van der Waals surface area contributed by atoms with Gasteiger partial charge in [-0.1, -0.05) is 6.07 Å². The SMILES string of the molecule is O=C(O)C[C@@H]1CCc2cc(Oc3ccc(C(F)(F)F)cc3OCC(F)F)ccc21. The first-order chi connectivity index (χ1) is 13.6. The summed E-state index contributed by atoms with van der Waals surface area (Å²) in [6.45, 7) is -1.07. The Morgan fingerprint density at radius 2 is 1.90 bits per heavy atom. The quantitative estimate of drug-likeness (QED) is 0.593. The molecule has 9 heteroatoms. The Balaban J connectivity index is 1.85. The zero-order valence-electron chi connectivity index (χ0n) is 15.0. The number of carbonyl (C=O) groups is 1. The number of carboxylic acids is 1. The van der Waals surface area contributed by atoms with Gasteiger partial charge in [-0.05, 0) is 60.2 Å². The van der Waals surface area contributed by atoms with Crippen molar-refractivity contribution >= 4 is 5.97 Å². The summed E-state index contributed by atoms with van der Waals surface area (Å²) in [6.07, 6.45) is -6.18. The largest absolute Gasteiger partial charge is 0.484 e. The highest BCUT2D eigenvalue weighted by molar-refractivity contribution is 5.68. The molecule has 156 valence electrons. The predicted octanol–water partition coefficient (Wildman–Crippen LogP) is 5.65. The maximum absolute atomic E-state index is 12.9. The molecule has 0 unspecified atom stereocenters. The van der Waals surface area contributed by atoms with E-state index in [9.17, 15) is 26.7 Å². The van der Waals surface area contributed by atoms with Gasteiger partial charge >= 0.3 is 12.1 Å². The summed E-state index contributed by atoms with van der Waals surface area (Å²) in [5.74, 6) is -1.27. The van der Waals surface area contributed by atoms with Crippen molar-refractivity contribution in [3.05, 3.63) is 53.1 Å². The summed E-state index contributed by atoms with van der Waals surface area (Å²) >= 11 is 0. The molecule has 2 aromatic carbocycles. The van der Waals surface area contributed by atoms with Gasteiger partial charge in [-0.15, -0.1) is 0 Å². The van der Waals surface area contributed by atoms with Gasteiger partial charge in [0.15, 0.2) is 11.5 Å². The van der Waals surface area contributed by atoms with Crippen molar-refractivity contribution in [1.82, 2.24) is 0 Å². The highest BCUT2D eigenvalue weighted by Crippen LogP contribution is 2.41. The van der Waals surface area contributed by atoms with Gasteiger partial charge in [0.05, 0.1) is 12.0 Å². The Labute approximate surface area is 162 Å². The fourth-order valence-corrected chi connectivity index (χ4v) is 3.33. The Morgan fingerprint density at radius 1 is 1.14 bits per heavy atom. The normalized spacial score (nSPS) is 16.0. The van der Waals surface area contributed by atoms with Gasteiger partial charge in [0.25, 0.3) is 6.43 Å². The summed E-state index contributed by atoms with van der Waals surface area (Å²) in [4.78, 5) is 10.9. The third-order valence-corrected chi connectivity index (χ3v) is 4.60. The van der Waals surface area contributed by atoms with Crippen molar-refractivity contribution in [2.24, 2.45) is 0 Å². The van der Waals surface area contributed by atoms with Crippen molar-refractivity contribution < 1.29 is 41.3 Å². The molecule has 1 N–H and O–H groups in total. The molecule has 0 bridgehead atoms. The number of hydrogen-bond acceptors (Lipinski definition) is 3. The maximum atomic E-state index is 12.9. The highest BCUT2D eigenvalue weighted by atomic mass is 19.4. The fourth-order valence-electron chi connectivity index (χ4n) is 3.33. The number of aliphatic carboxylic acids is 1. The van der Waals surface area contributed by atoms with Crippen LogP contribution in [0.1, 0.15) is 35.4 Å². The van der Waals surface area contributed by atoms with Crippen LogP contribution in [0.2, 0.25) is 0 Å². The molecular weight excluding hydrogens is 399 g/mol. The molecule has 0 aliphatic heterocycles. The van der Waals surface area contributed by atoms with Crippen LogP contribution >= 0.6 is 0 Å². The number of aryl methyl sites for hydroxylation is 1. The second-order valence-electron chi connectivity index (χ2n) is 6.66. The molecule has 0 amide bonds. The van der Waals surface area contributed by atoms with Gasteiger partial charge < -0.3 is 14.6 Å². The molecular formula is C20H17F5O4. The molecule has 0 radical (unpaired) electrons. The van der Waals surface area contributed by atoms with E-state index < -0.39 is 36.5 Å². The van der Waals surface area contributed by atoms with E-state index in [0.29, 0.717) is 24.7 Å². The van der Waals surface area contributed by atoms with E-state index >= 15 is 0 Å². The minimum Gasteiger partial charge on any atom is -0.484 e. The number of ether oxygens (including phenoxy) is 2. The zero-order valence-corrected chi connectivity index (χ0v) is 15.0. The maximum Gasteiger partial charge on any atom is 0.416 e. The van der Waals surface area contributed by atoms with Gasteiger partial charge in [-0.25, -0.2) is 8.78 Å². The topological polar surface area (TPSA) is 55.8 Å². The van der Waals surface area contributed by atoms with Crippen LogP contribution in [0, 0.1) is 0 Å². The molecule has 3 rings (SSSR count). The Hall–Kier alpha value is -2.84. The minimum atomic E-state index is -4.66. The summed E-state index contributed by atoms with van der Waals surface area (Å²) in [6, 6.07) is 7.37. The number of benzene rings is 2. The van der Waals surface area contributed by atoms with E-state index in [1.807, 2.05) is 0 Å². The van der Waals surface area contributed by atoms with E-state index in [1.54, 1.807) is 18.2 Å². The molecule has 0 fully saturated rings. The number of carboxylic acid groups (broad SMARTS) is 1. The van der Waals surface area contributed by atoms with E-state index in [2.05, 4.69) is 0 Å². The standard InChI is InChI=1S/C20H17F5O4/c21-18(22)10-28-17-9-13(20(23,24)25)3-6-16(17)29-14-4-5-15-11(7-14)1-2-12(15)8-19(26)27/h3-7,9,12,18H,1-2,8,10H2,(H,26,27)/t12-/m0/s1. The lowest BCUT2D eigenvalue weighted by molar-refractivity contribution is -0.138. The van der Waals surface area contributed by atoms with Gasteiger partial charge in [0.2, 0.25) is 0 Å². The predicted molar refractivity (Wildman–Crippen MR) is 92.8 cm³/mol. The second-order valence-corrected chi connectivity index (χ2v) is 6.66. The average Bonchev–Trinajstić information content (AvgIpc) is 3.01. The lowest BCUT2D eigenvalue weighted by atomic mass is 9.98. The molecule has 0 heterocycles. The van der Waals surface area contributed by atoms with Crippen molar-refractivity contribution in [2.45, 2.75) is 37.8 Å². The molecule has 29 heavy (non-hydrogen) atoms. The van der Waals surface area contributed by atoms with Crippen molar-refractivity contribution in [1.29, 1.82) is 0 Å². The van der Waals surface area contributed by atoms with Crippen LogP contribution < -0.4 is 9.47 Å². The number of rotatable bonds is 7. The fraction of sp³-hybridized carbons (Fsp3) is 0.350. The van der Waals surface area contributed by atoms with Crippen LogP contribution in [-0.2, 0) is 17.4 Å². The molecule has 4 nitrogen and oxygen atoms in total. The Kier molecular flexibility index (Phi) is 5.95. The van der Waals surface area contributed by atoms with Gasteiger partial charge in [-0.3, -0.25) is 4.79 Å². The number of alkyl halides is 5. The molecule has 0 aromatic heterocycles. The van der Waals surface area contributed by atoms with E-state index in [0.717, 1.165) is 23.3 Å². The van der Waals surface area contributed by atoms with E-state index in [4.69, 9.17) is 14.6 Å². The van der Waals surface area contributed by atoms with E-state index in [1.165, 1.54) is 0 Å². The lowest BCUT2D eigenvalue weighted by Gasteiger charge is -2.16. The highest BCUT2D eigenvalue weighted by Gasteiger charge is 2.32. The third kappa shape index (κ3) is 5.16. The first-order valence-corrected chi connectivity index (χ1v) is 8.78. The monoisotopic (exact) mass is 416 g/mol. The summed E-state index contributed by atoms with van der Waals surface area (Å²) in [5.41, 5.74) is 0.733. The smallest absolute Gasteiger partial charge is 0.416 e. The van der Waals surface area contributed by atoms with Crippen LogP contribution in [0.4, 0.5) is 22.0 Å². The number of hydrogen-bond donors (Lipinski definition) is 1. The van der Waals surface area contributed by atoms with Crippen molar-refractivity contribution in [3.8, 4) is 17.2 Å². The minimum absolute atomic E-state index is 0.0116. The van der Waals surface area contributed by atoms with Crippen LogP contribution in [0.3, 0.4) is 0 Å². The lowest BCUT2D eigenvalue weighted by Crippen LogP contribution is -2.10. The summed E-state index contributed by atoms with van der Waals surface area (Å²) in [7, 11) is 0.